The molecule has 1 aliphatic heterocycles. The van der Waals surface area contributed by atoms with E-state index in [4.69, 9.17) is 16.3 Å². The molecular weight excluding hydrogens is 402 g/mol. The Morgan fingerprint density at radius 3 is 2.77 bits per heavy atom. The molecule has 0 aliphatic carbocycles. The molecule has 1 fully saturated rings. The van der Waals surface area contributed by atoms with Gasteiger partial charge in [-0.1, -0.05) is 17.7 Å². The maximum atomic E-state index is 13.3. The first-order valence-corrected chi connectivity index (χ1v) is 10.6. The molecule has 2 atom stereocenters. The van der Waals surface area contributed by atoms with E-state index in [9.17, 15) is 4.79 Å². The molecule has 3 aromatic heterocycles. The number of fused-ring (bicyclic) bond motifs is 1. The Morgan fingerprint density at radius 1 is 1.23 bits per heavy atom. The Balaban J connectivity index is 1.55. The van der Waals surface area contributed by atoms with Crippen LogP contribution in [-0.4, -0.2) is 57.0 Å². The van der Waals surface area contributed by atoms with E-state index in [2.05, 4.69) is 15.3 Å². The van der Waals surface area contributed by atoms with Crippen LogP contribution in [0.5, 0.6) is 0 Å². The average Bonchev–Trinajstić information content (AvgIpc) is 3.08. The molecule has 0 radical (unpaired) electrons. The monoisotopic (exact) mass is 427 g/mol. The van der Waals surface area contributed by atoms with Crippen molar-refractivity contribution in [2.75, 3.05) is 19.6 Å². The summed E-state index contributed by atoms with van der Waals surface area (Å²) < 4.78 is 7.67. The van der Waals surface area contributed by atoms with Gasteiger partial charge >= 0.3 is 0 Å². The topological polar surface area (TPSA) is 71.8 Å². The highest BCUT2D eigenvalue weighted by Crippen LogP contribution is 2.20. The largest absolute Gasteiger partial charge is 0.372 e. The number of pyridine rings is 2. The summed E-state index contributed by atoms with van der Waals surface area (Å²) in [6.45, 7) is 6.34. The lowest BCUT2D eigenvalue weighted by Gasteiger charge is -2.35. The molecule has 0 aromatic carbocycles. The van der Waals surface area contributed by atoms with Crippen molar-refractivity contribution >= 4 is 23.2 Å². The third-order valence-electron chi connectivity index (χ3n) is 5.17. The molecule has 1 saturated heterocycles. The summed E-state index contributed by atoms with van der Waals surface area (Å²) in [6, 6.07) is 9.52. The number of imidazole rings is 1. The van der Waals surface area contributed by atoms with E-state index in [1.807, 2.05) is 47.4 Å². The van der Waals surface area contributed by atoms with Crippen molar-refractivity contribution in [3.63, 3.8) is 0 Å². The standard InChI is InChI=1S/C22H26ClN5O2/c1-15-12-27(13-16(2)30-15)22(29)21-19(28-14-17(23)6-7-20(28)26-21)11-24-10-8-18-5-3-4-9-25-18/h3-7,9,14-16,24H,8,10-13H2,1-2H3/t15-,16+. The SMILES string of the molecule is C[C@@H]1CN(C(=O)c2nc3ccc(Cl)cn3c2CNCCc2ccccn2)C[C@H](C)O1. The summed E-state index contributed by atoms with van der Waals surface area (Å²) in [5, 5.41) is 4.02. The summed E-state index contributed by atoms with van der Waals surface area (Å²) in [5.41, 5.74) is 3.01. The molecule has 30 heavy (non-hydrogen) atoms. The minimum atomic E-state index is -0.0710. The van der Waals surface area contributed by atoms with E-state index in [1.165, 1.54) is 0 Å². The van der Waals surface area contributed by atoms with Crippen LogP contribution in [0.2, 0.25) is 5.02 Å². The number of halogens is 1. The zero-order valence-electron chi connectivity index (χ0n) is 17.2. The average molecular weight is 428 g/mol. The van der Waals surface area contributed by atoms with Gasteiger partial charge in [0.25, 0.3) is 5.91 Å². The van der Waals surface area contributed by atoms with E-state index >= 15 is 0 Å². The van der Waals surface area contributed by atoms with E-state index in [0.717, 1.165) is 24.4 Å². The van der Waals surface area contributed by atoms with Gasteiger partial charge in [0, 0.05) is 50.7 Å². The number of nitrogens with zero attached hydrogens (tertiary/aromatic N) is 4. The van der Waals surface area contributed by atoms with Crippen molar-refractivity contribution in [1.82, 2.24) is 24.6 Å². The summed E-state index contributed by atoms with van der Waals surface area (Å²) >= 11 is 6.22. The van der Waals surface area contributed by atoms with E-state index in [0.29, 0.717) is 36.0 Å². The van der Waals surface area contributed by atoms with E-state index < -0.39 is 0 Å². The first-order valence-electron chi connectivity index (χ1n) is 10.2. The van der Waals surface area contributed by atoms with Gasteiger partial charge in [-0.2, -0.15) is 0 Å². The normalized spacial score (nSPS) is 19.4. The molecule has 7 nitrogen and oxygen atoms in total. The Morgan fingerprint density at radius 2 is 2.03 bits per heavy atom. The highest BCUT2D eigenvalue weighted by atomic mass is 35.5. The highest BCUT2D eigenvalue weighted by Gasteiger charge is 2.30. The van der Waals surface area contributed by atoms with Crippen LogP contribution in [0.15, 0.2) is 42.7 Å². The number of nitrogens with one attached hydrogen (secondary N) is 1. The maximum absolute atomic E-state index is 13.3. The van der Waals surface area contributed by atoms with E-state index in [-0.39, 0.29) is 18.1 Å². The Hall–Kier alpha value is -2.48. The predicted molar refractivity (Wildman–Crippen MR) is 116 cm³/mol. The number of rotatable bonds is 6. The van der Waals surface area contributed by atoms with Gasteiger partial charge in [-0.25, -0.2) is 4.98 Å². The number of hydrogen-bond acceptors (Lipinski definition) is 5. The van der Waals surface area contributed by atoms with Gasteiger partial charge in [0.2, 0.25) is 0 Å². The predicted octanol–water partition coefficient (Wildman–Crippen LogP) is 2.96. The van der Waals surface area contributed by atoms with Crippen molar-refractivity contribution in [3.8, 4) is 0 Å². The zero-order chi connectivity index (χ0) is 21.1. The van der Waals surface area contributed by atoms with Gasteiger partial charge < -0.3 is 19.4 Å². The second-order valence-corrected chi connectivity index (χ2v) is 8.13. The van der Waals surface area contributed by atoms with Gasteiger partial charge in [-0.05, 0) is 38.1 Å². The highest BCUT2D eigenvalue weighted by molar-refractivity contribution is 6.30. The van der Waals surface area contributed by atoms with Gasteiger partial charge in [-0.15, -0.1) is 0 Å². The molecule has 1 amide bonds. The summed E-state index contributed by atoms with van der Waals surface area (Å²) in [7, 11) is 0. The van der Waals surface area contributed by atoms with Crippen LogP contribution in [0, 0.1) is 0 Å². The van der Waals surface area contributed by atoms with E-state index in [1.54, 1.807) is 18.5 Å². The molecule has 0 saturated carbocycles. The minimum Gasteiger partial charge on any atom is -0.372 e. The van der Waals surface area contributed by atoms with Crippen LogP contribution >= 0.6 is 11.6 Å². The van der Waals surface area contributed by atoms with Gasteiger partial charge in [0.1, 0.15) is 5.65 Å². The number of aromatic nitrogens is 3. The minimum absolute atomic E-state index is 0.00382. The van der Waals surface area contributed by atoms with Crippen LogP contribution in [0.1, 0.15) is 35.7 Å². The van der Waals surface area contributed by atoms with Crippen LogP contribution in [0.25, 0.3) is 5.65 Å². The molecule has 0 unspecified atom stereocenters. The number of carbonyl (C=O) groups excluding carboxylic acids is 1. The van der Waals surface area contributed by atoms with Gasteiger partial charge in [0.05, 0.1) is 22.9 Å². The molecule has 1 N–H and O–H groups in total. The number of ether oxygens (including phenoxy) is 1. The smallest absolute Gasteiger partial charge is 0.274 e. The fraction of sp³-hybridized carbons (Fsp3) is 0.409. The Labute approximate surface area is 181 Å². The summed E-state index contributed by atoms with van der Waals surface area (Å²) in [6.07, 6.45) is 4.41. The molecule has 4 rings (SSSR count). The molecule has 0 bridgehead atoms. The Kier molecular flexibility index (Phi) is 6.32. The molecule has 8 heteroatoms. The number of hydrogen-bond donors (Lipinski definition) is 1. The molecule has 0 spiro atoms. The fourth-order valence-corrected chi connectivity index (χ4v) is 4.03. The lowest BCUT2D eigenvalue weighted by atomic mass is 10.2. The fourth-order valence-electron chi connectivity index (χ4n) is 3.87. The quantitative estimate of drug-likeness (QED) is 0.612. The molecule has 158 valence electrons. The third kappa shape index (κ3) is 4.64. The lowest BCUT2D eigenvalue weighted by Crippen LogP contribution is -2.48. The van der Waals surface area contributed by atoms with Crippen molar-refractivity contribution < 1.29 is 9.53 Å². The molecular formula is C22H26ClN5O2. The van der Waals surface area contributed by atoms with Crippen molar-refractivity contribution in [3.05, 3.63) is 64.8 Å². The maximum Gasteiger partial charge on any atom is 0.274 e. The molecule has 1 aliphatic rings. The second-order valence-electron chi connectivity index (χ2n) is 7.70. The zero-order valence-corrected chi connectivity index (χ0v) is 18.0. The van der Waals surface area contributed by atoms with Crippen LogP contribution in [-0.2, 0) is 17.7 Å². The number of morpholine rings is 1. The van der Waals surface area contributed by atoms with Crippen LogP contribution in [0.4, 0.5) is 0 Å². The van der Waals surface area contributed by atoms with Gasteiger partial charge in [0.15, 0.2) is 5.69 Å². The molecule has 3 aromatic rings. The van der Waals surface area contributed by atoms with Crippen LogP contribution < -0.4 is 5.32 Å². The van der Waals surface area contributed by atoms with Crippen molar-refractivity contribution in [2.45, 2.75) is 39.0 Å². The molecule has 4 heterocycles. The Bertz CT molecular complexity index is 1010. The van der Waals surface area contributed by atoms with Crippen LogP contribution in [0.3, 0.4) is 0 Å². The lowest BCUT2D eigenvalue weighted by molar-refractivity contribution is -0.0587. The third-order valence-corrected chi connectivity index (χ3v) is 5.39. The summed E-state index contributed by atoms with van der Waals surface area (Å²) in [5.74, 6) is -0.0710. The summed E-state index contributed by atoms with van der Waals surface area (Å²) in [4.78, 5) is 24.2. The number of carbonyl (C=O) groups is 1. The number of amides is 1. The second kappa shape index (κ2) is 9.12. The van der Waals surface area contributed by atoms with Crippen molar-refractivity contribution in [2.24, 2.45) is 0 Å². The van der Waals surface area contributed by atoms with Gasteiger partial charge in [-0.3, -0.25) is 9.78 Å². The van der Waals surface area contributed by atoms with Crippen molar-refractivity contribution in [1.29, 1.82) is 0 Å². The first-order chi connectivity index (χ1) is 14.5. The first kappa shape index (κ1) is 20.8.